The molecular formula is C29H23FN4O6S. The van der Waals surface area contributed by atoms with Crippen molar-refractivity contribution in [2.45, 2.75) is 18.5 Å². The molecule has 0 bridgehead atoms. The Bertz CT molecular complexity index is 1590. The van der Waals surface area contributed by atoms with E-state index in [1.165, 1.54) is 36.4 Å². The summed E-state index contributed by atoms with van der Waals surface area (Å²) in [4.78, 5) is 42.2. The van der Waals surface area contributed by atoms with Crippen LogP contribution >= 0.6 is 12.2 Å². The molecule has 1 saturated heterocycles. The number of hydrogen-bond acceptors (Lipinski definition) is 6. The summed E-state index contributed by atoms with van der Waals surface area (Å²) in [5.41, 5.74) is 1.03. The van der Waals surface area contributed by atoms with Gasteiger partial charge in [-0.05, 0) is 78.9 Å². The van der Waals surface area contributed by atoms with Gasteiger partial charge in [-0.2, -0.15) is 0 Å². The van der Waals surface area contributed by atoms with Crippen molar-refractivity contribution in [1.82, 2.24) is 15.2 Å². The van der Waals surface area contributed by atoms with Crippen molar-refractivity contribution in [2.75, 3.05) is 11.9 Å². The summed E-state index contributed by atoms with van der Waals surface area (Å²) < 4.78 is 19.4. The lowest BCUT2D eigenvalue weighted by Gasteiger charge is -2.25. The molecule has 2 aromatic heterocycles. The van der Waals surface area contributed by atoms with E-state index in [1.54, 1.807) is 29.3 Å². The molecule has 2 atom stereocenters. The SMILES string of the molecule is O=C(CCN1C(=S)N[C@@H](c2ccccn2)[C@@H]1c1ccc(-c2cc(C(=O)O)cc(C(=O)O)c2)o1)Nc1ccc(F)cc1. The number of benzene rings is 2. The zero-order valence-corrected chi connectivity index (χ0v) is 22.1. The number of halogens is 1. The van der Waals surface area contributed by atoms with Gasteiger partial charge in [0.2, 0.25) is 5.91 Å². The second-order valence-corrected chi connectivity index (χ2v) is 9.62. The normalized spacial score (nSPS) is 16.3. The molecule has 1 fully saturated rings. The molecule has 1 amide bonds. The molecule has 0 unspecified atom stereocenters. The fraction of sp³-hybridized carbons (Fsp3) is 0.138. The highest BCUT2D eigenvalue weighted by molar-refractivity contribution is 7.80. The molecule has 1 aliphatic rings. The number of aromatic carboxylic acids is 2. The lowest BCUT2D eigenvalue weighted by Crippen LogP contribution is -2.32. The number of nitrogens with one attached hydrogen (secondary N) is 2. The molecule has 3 heterocycles. The van der Waals surface area contributed by atoms with Crippen molar-refractivity contribution >= 4 is 40.9 Å². The predicted octanol–water partition coefficient (Wildman–Crippen LogP) is 4.88. The highest BCUT2D eigenvalue weighted by Crippen LogP contribution is 2.40. The number of aromatic nitrogens is 1. The molecular weight excluding hydrogens is 551 g/mol. The molecule has 4 N–H and O–H groups in total. The second-order valence-electron chi connectivity index (χ2n) is 9.24. The number of hydrogen-bond donors (Lipinski definition) is 4. The number of carboxylic acids is 2. The first-order valence-electron chi connectivity index (χ1n) is 12.4. The van der Waals surface area contributed by atoms with Gasteiger partial charge in [0.15, 0.2) is 5.11 Å². The largest absolute Gasteiger partial charge is 0.478 e. The van der Waals surface area contributed by atoms with Gasteiger partial charge in [0, 0.05) is 30.4 Å². The Morgan fingerprint density at radius 2 is 1.71 bits per heavy atom. The topological polar surface area (TPSA) is 145 Å². The maximum atomic E-state index is 13.2. The van der Waals surface area contributed by atoms with E-state index in [9.17, 15) is 29.0 Å². The van der Waals surface area contributed by atoms with Crippen LogP contribution in [-0.2, 0) is 4.79 Å². The van der Waals surface area contributed by atoms with Crippen molar-refractivity contribution in [3.8, 4) is 11.3 Å². The van der Waals surface area contributed by atoms with Crippen LogP contribution in [-0.4, -0.2) is 49.6 Å². The quantitative estimate of drug-likeness (QED) is 0.204. The zero-order valence-electron chi connectivity index (χ0n) is 21.3. The van der Waals surface area contributed by atoms with Crippen molar-refractivity contribution in [1.29, 1.82) is 0 Å². The Morgan fingerprint density at radius 3 is 2.34 bits per heavy atom. The maximum absolute atomic E-state index is 13.2. The van der Waals surface area contributed by atoms with Crippen LogP contribution in [0, 0.1) is 5.82 Å². The Labute approximate surface area is 238 Å². The summed E-state index contributed by atoms with van der Waals surface area (Å²) >= 11 is 5.62. The first-order valence-corrected chi connectivity index (χ1v) is 12.9. The fourth-order valence-electron chi connectivity index (χ4n) is 4.62. The van der Waals surface area contributed by atoms with Crippen molar-refractivity contribution < 1.29 is 33.4 Å². The minimum absolute atomic E-state index is 0.0564. The van der Waals surface area contributed by atoms with E-state index in [2.05, 4.69) is 15.6 Å². The summed E-state index contributed by atoms with van der Waals surface area (Å²) in [7, 11) is 0. The Morgan fingerprint density at radius 1 is 1.00 bits per heavy atom. The Kier molecular flexibility index (Phi) is 7.74. The number of carbonyl (C=O) groups is 3. The van der Waals surface area contributed by atoms with Crippen LogP contribution < -0.4 is 10.6 Å². The number of thiocarbonyl (C=S) groups is 1. The van der Waals surface area contributed by atoms with E-state index >= 15 is 0 Å². The molecule has 2 aromatic carbocycles. The lowest BCUT2D eigenvalue weighted by atomic mass is 10.0. The molecule has 0 saturated carbocycles. The third kappa shape index (κ3) is 6.07. The zero-order chi connectivity index (χ0) is 29.1. The van der Waals surface area contributed by atoms with Gasteiger partial charge in [0.1, 0.15) is 23.4 Å². The molecule has 12 heteroatoms. The minimum atomic E-state index is -1.27. The van der Waals surface area contributed by atoms with Gasteiger partial charge >= 0.3 is 11.9 Å². The van der Waals surface area contributed by atoms with E-state index in [-0.39, 0.29) is 41.3 Å². The smallest absolute Gasteiger partial charge is 0.335 e. The van der Waals surface area contributed by atoms with Gasteiger partial charge in [-0.1, -0.05) is 6.07 Å². The number of pyridine rings is 1. The standard InChI is InChI=1S/C29H23FN4O6S/c30-19-4-6-20(7-5-19)32-24(35)10-12-34-26(25(33-29(34)41)21-3-1-2-11-31-21)23-9-8-22(40-23)16-13-17(27(36)37)15-18(14-16)28(38)39/h1-9,11,13-15,25-26H,10,12H2,(H,32,35)(H,33,41)(H,36,37)(H,38,39)/t25-,26-/m0/s1. The first-order chi connectivity index (χ1) is 19.7. The summed E-state index contributed by atoms with van der Waals surface area (Å²) in [6.45, 7) is 0.209. The lowest BCUT2D eigenvalue weighted by molar-refractivity contribution is -0.116. The van der Waals surface area contributed by atoms with Gasteiger partial charge in [0.25, 0.3) is 0 Å². The predicted molar refractivity (Wildman–Crippen MR) is 150 cm³/mol. The van der Waals surface area contributed by atoms with Crippen LogP contribution in [0.15, 0.2) is 83.4 Å². The minimum Gasteiger partial charge on any atom is -0.478 e. The monoisotopic (exact) mass is 574 g/mol. The third-order valence-electron chi connectivity index (χ3n) is 6.54. The number of furan rings is 1. The fourth-order valence-corrected chi connectivity index (χ4v) is 4.95. The van der Waals surface area contributed by atoms with Crippen LogP contribution in [0.25, 0.3) is 11.3 Å². The highest BCUT2D eigenvalue weighted by atomic mass is 32.1. The summed E-state index contributed by atoms with van der Waals surface area (Å²) in [6, 6.07) is 17.0. The summed E-state index contributed by atoms with van der Waals surface area (Å²) in [5, 5.41) is 25.3. The van der Waals surface area contributed by atoms with Gasteiger partial charge in [-0.3, -0.25) is 9.78 Å². The number of nitrogens with zero attached hydrogens (tertiary/aromatic N) is 2. The van der Waals surface area contributed by atoms with Crippen LogP contribution in [0.1, 0.15) is 50.7 Å². The Hall–Kier alpha value is -5.10. The number of carbonyl (C=O) groups excluding carboxylic acids is 1. The molecule has 4 aromatic rings. The van der Waals surface area contributed by atoms with Gasteiger partial charge < -0.3 is 30.2 Å². The van der Waals surface area contributed by atoms with Crippen molar-refractivity contribution in [2.24, 2.45) is 0 Å². The van der Waals surface area contributed by atoms with E-state index in [0.717, 1.165) is 6.07 Å². The highest BCUT2D eigenvalue weighted by Gasteiger charge is 2.41. The molecule has 41 heavy (non-hydrogen) atoms. The van der Waals surface area contributed by atoms with Gasteiger partial charge in [-0.15, -0.1) is 0 Å². The van der Waals surface area contributed by atoms with E-state index in [0.29, 0.717) is 22.3 Å². The summed E-state index contributed by atoms with van der Waals surface area (Å²) in [5.74, 6) is -2.55. The number of anilines is 1. The van der Waals surface area contributed by atoms with Gasteiger partial charge in [-0.25, -0.2) is 14.0 Å². The number of amides is 1. The molecule has 1 aliphatic heterocycles. The molecule has 0 radical (unpaired) electrons. The average Bonchev–Trinajstić information content (AvgIpc) is 3.58. The van der Waals surface area contributed by atoms with Crippen LogP contribution in [0.5, 0.6) is 0 Å². The first kappa shape index (κ1) is 27.5. The molecule has 208 valence electrons. The summed E-state index contributed by atoms with van der Waals surface area (Å²) in [6.07, 6.45) is 1.70. The van der Waals surface area contributed by atoms with Crippen molar-refractivity contribution in [3.05, 3.63) is 107 Å². The molecule has 0 aliphatic carbocycles. The van der Waals surface area contributed by atoms with Crippen LogP contribution in [0.2, 0.25) is 0 Å². The molecule has 10 nitrogen and oxygen atoms in total. The van der Waals surface area contributed by atoms with Crippen LogP contribution in [0.4, 0.5) is 10.1 Å². The molecule has 0 spiro atoms. The number of carboxylic acid groups (broad SMARTS) is 2. The average molecular weight is 575 g/mol. The van der Waals surface area contributed by atoms with E-state index in [1.807, 2.05) is 12.1 Å². The van der Waals surface area contributed by atoms with Crippen LogP contribution in [0.3, 0.4) is 0 Å². The van der Waals surface area contributed by atoms with E-state index < -0.39 is 29.8 Å². The second kappa shape index (κ2) is 11.6. The van der Waals surface area contributed by atoms with E-state index in [4.69, 9.17) is 16.6 Å². The third-order valence-corrected chi connectivity index (χ3v) is 6.89. The van der Waals surface area contributed by atoms with Crippen molar-refractivity contribution in [3.63, 3.8) is 0 Å². The maximum Gasteiger partial charge on any atom is 0.335 e. The number of rotatable bonds is 9. The molecule has 5 rings (SSSR count). The van der Waals surface area contributed by atoms with Gasteiger partial charge in [0.05, 0.1) is 22.9 Å². The Balaban J connectivity index is 1.44.